The Kier molecular flexibility index (Phi) is 5.51. The first-order chi connectivity index (χ1) is 7.70. The molecule has 0 fully saturated rings. The molecule has 1 aromatic carbocycles. The molecule has 86 valence electrons. The zero-order valence-corrected chi connectivity index (χ0v) is 10.8. The average Bonchev–Trinajstić information content (AvgIpc) is 2.28. The molecule has 1 N–H and O–H groups in total. The monoisotopic (exact) mass is 283 g/mol. The molecule has 0 saturated heterocycles. The fraction of sp³-hybridized carbons (Fsp3) is 0.385. The molecule has 0 bridgehead atoms. The molecule has 0 amide bonds. The third-order valence-electron chi connectivity index (χ3n) is 2.38. The highest BCUT2D eigenvalue weighted by Gasteiger charge is 2.15. The van der Waals surface area contributed by atoms with Crippen molar-refractivity contribution in [2.45, 2.75) is 25.8 Å². The second-order valence-electron chi connectivity index (χ2n) is 3.50. The second-order valence-corrected chi connectivity index (χ2v) is 4.35. The minimum Gasteiger partial charge on any atom is -0.310 e. The summed E-state index contributed by atoms with van der Waals surface area (Å²) in [6.07, 6.45) is 6.63. The Bertz CT molecular complexity index is 384. The first-order valence-electron chi connectivity index (χ1n) is 5.31. The van der Waals surface area contributed by atoms with E-state index in [1.54, 1.807) is 12.1 Å². The molecule has 0 heterocycles. The lowest BCUT2D eigenvalue weighted by molar-refractivity contribution is 0.488. The number of halogens is 2. The minimum atomic E-state index is -0.203. The zero-order chi connectivity index (χ0) is 12.0. The van der Waals surface area contributed by atoms with Crippen LogP contribution in [-0.4, -0.2) is 6.54 Å². The Morgan fingerprint density at radius 2 is 2.31 bits per heavy atom. The summed E-state index contributed by atoms with van der Waals surface area (Å²) in [6, 6.07) is 5.31. The minimum absolute atomic E-state index is 0.0152. The van der Waals surface area contributed by atoms with Crippen LogP contribution >= 0.6 is 15.9 Å². The number of hydrogen-bond donors (Lipinski definition) is 1. The summed E-state index contributed by atoms with van der Waals surface area (Å²) in [4.78, 5) is 0. The molecule has 0 aromatic heterocycles. The molecule has 16 heavy (non-hydrogen) atoms. The molecular formula is C13H15BrFN. The summed E-state index contributed by atoms with van der Waals surface area (Å²) in [7, 11) is 0. The van der Waals surface area contributed by atoms with Crippen molar-refractivity contribution >= 4 is 15.9 Å². The molecule has 0 aliphatic rings. The van der Waals surface area contributed by atoms with Crippen LogP contribution in [0.25, 0.3) is 0 Å². The Labute approximate surface area is 105 Å². The standard InChI is InChI=1S/C13H15BrFN/c1-3-5-9-12(16-4-2)10-7-6-8-11(14)13(10)15/h1,6-8,12,16H,4-5,9H2,2H3. The molecule has 0 spiro atoms. The highest BCUT2D eigenvalue weighted by molar-refractivity contribution is 9.10. The summed E-state index contributed by atoms with van der Waals surface area (Å²) in [5.41, 5.74) is 0.673. The van der Waals surface area contributed by atoms with Crippen molar-refractivity contribution in [1.82, 2.24) is 5.32 Å². The van der Waals surface area contributed by atoms with Gasteiger partial charge in [-0.05, 0) is 35.0 Å². The van der Waals surface area contributed by atoms with Gasteiger partial charge in [0.25, 0.3) is 0 Å². The summed E-state index contributed by atoms with van der Waals surface area (Å²) in [5, 5.41) is 3.25. The van der Waals surface area contributed by atoms with Crippen molar-refractivity contribution in [1.29, 1.82) is 0 Å². The fourth-order valence-corrected chi connectivity index (χ4v) is 2.01. The molecule has 3 heteroatoms. The van der Waals surface area contributed by atoms with Gasteiger partial charge < -0.3 is 5.32 Å². The number of hydrogen-bond acceptors (Lipinski definition) is 1. The molecule has 0 saturated carbocycles. The highest BCUT2D eigenvalue weighted by Crippen LogP contribution is 2.26. The number of terminal acetylenes is 1. The normalized spacial score (nSPS) is 12.1. The lowest BCUT2D eigenvalue weighted by atomic mass is 10.0. The van der Waals surface area contributed by atoms with E-state index in [9.17, 15) is 4.39 Å². The predicted octanol–water partition coefficient (Wildman–Crippen LogP) is 3.65. The van der Waals surface area contributed by atoms with Crippen molar-refractivity contribution in [2.75, 3.05) is 6.54 Å². The number of benzene rings is 1. The molecule has 0 aliphatic heterocycles. The van der Waals surface area contributed by atoms with E-state index in [1.807, 2.05) is 13.0 Å². The van der Waals surface area contributed by atoms with E-state index >= 15 is 0 Å². The van der Waals surface area contributed by atoms with E-state index in [0.29, 0.717) is 16.5 Å². The number of rotatable bonds is 5. The van der Waals surface area contributed by atoms with E-state index in [4.69, 9.17) is 6.42 Å². The van der Waals surface area contributed by atoms with Gasteiger partial charge in [-0.2, -0.15) is 0 Å². The van der Waals surface area contributed by atoms with Crippen molar-refractivity contribution in [3.05, 3.63) is 34.1 Å². The lowest BCUT2D eigenvalue weighted by Crippen LogP contribution is -2.21. The lowest BCUT2D eigenvalue weighted by Gasteiger charge is -2.18. The smallest absolute Gasteiger partial charge is 0.142 e. The van der Waals surface area contributed by atoms with Gasteiger partial charge in [-0.15, -0.1) is 12.3 Å². The van der Waals surface area contributed by atoms with E-state index in [1.165, 1.54) is 0 Å². The molecule has 1 unspecified atom stereocenters. The van der Waals surface area contributed by atoms with Gasteiger partial charge in [-0.3, -0.25) is 0 Å². The molecule has 0 radical (unpaired) electrons. The fourth-order valence-electron chi connectivity index (χ4n) is 1.63. The van der Waals surface area contributed by atoms with Crippen LogP contribution in [0, 0.1) is 18.2 Å². The molecule has 1 aromatic rings. The second kappa shape index (κ2) is 6.67. The van der Waals surface area contributed by atoms with Crippen molar-refractivity contribution in [3.63, 3.8) is 0 Å². The first-order valence-corrected chi connectivity index (χ1v) is 6.10. The van der Waals surface area contributed by atoms with Gasteiger partial charge in [0.05, 0.1) is 4.47 Å². The van der Waals surface area contributed by atoms with Crippen LogP contribution in [0.1, 0.15) is 31.4 Å². The quantitative estimate of drug-likeness (QED) is 0.814. The van der Waals surface area contributed by atoms with Gasteiger partial charge in [0.2, 0.25) is 0 Å². The van der Waals surface area contributed by atoms with Crippen molar-refractivity contribution in [2.24, 2.45) is 0 Å². The zero-order valence-electron chi connectivity index (χ0n) is 9.26. The maximum Gasteiger partial charge on any atom is 0.142 e. The predicted molar refractivity (Wildman–Crippen MR) is 68.6 cm³/mol. The largest absolute Gasteiger partial charge is 0.310 e. The van der Waals surface area contributed by atoms with Gasteiger partial charge in [0.15, 0.2) is 0 Å². The Balaban J connectivity index is 2.92. The van der Waals surface area contributed by atoms with Crippen LogP contribution in [0.3, 0.4) is 0 Å². The van der Waals surface area contributed by atoms with E-state index in [-0.39, 0.29) is 11.9 Å². The Morgan fingerprint density at radius 3 is 2.94 bits per heavy atom. The van der Waals surface area contributed by atoms with Crippen molar-refractivity contribution in [3.8, 4) is 12.3 Å². The maximum atomic E-state index is 13.9. The van der Waals surface area contributed by atoms with Gasteiger partial charge in [-0.25, -0.2) is 4.39 Å². The Morgan fingerprint density at radius 1 is 1.56 bits per heavy atom. The molecule has 0 aliphatic carbocycles. The van der Waals surface area contributed by atoms with Gasteiger partial charge in [-0.1, -0.05) is 19.1 Å². The number of nitrogens with one attached hydrogen (secondary N) is 1. The highest BCUT2D eigenvalue weighted by atomic mass is 79.9. The van der Waals surface area contributed by atoms with Crippen LogP contribution in [0.15, 0.2) is 22.7 Å². The molecule has 1 atom stereocenters. The summed E-state index contributed by atoms with van der Waals surface area (Å²) in [6.45, 7) is 2.79. The molecular weight excluding hydrogens is 269 g/mol. The van der Waals surface area contributed by atoms with Crippen LogP contribution in [0.2, 0.25) is 0 Å². The topological polar surface area (TPSA) is 12.0 Å². The van der Waals surface area contributed by atoms with Crippen molar-refractivity contribution < 1.29 is 4.39 Å². The van der Waals surface area contributed by atoms with Gasteiger partial charge >= 0.3 is 0 Å². The summed E-state index contributed by atoms with van der Waals surface area (Å²) in [5.74, 6) is 2.38. The van der Waals surface area contributed by atoms with E-state index in [0.717, 1.165) is 13.0 Å². The van der Waals surface area contributed by atoms with Gasteiger partial charge in [0, 0.05) is 18.0 Å². The Hall–Kier alpha value is -0.850. The van der Waals surface area contributed by atoms with Gasteiger partial charge in [0.1, 0.15) is 5.82 Å². The summed E-state index contributed by atoms with van der Waals surface area (Å²) >= 11 is 3.19. The van der Waals surface area contributed by atoms with E-state index in [2.05, 4.69) is 27.2 Å². The maximum absolute atomic E-state index is 13.9. The summed E-state index contributed by atoms with van der Waals surface area (Å²) < 4.78 is 14.4. The third-order valence-corrected chi connectivity index (χ3v) is 3.00. The average molecular weight is 284 g/mol. The van der Waals surface area contributed by atoms with Crippen LogP contribution in [0.4, 0.5) is 4.39 Å². The van der Waals surface area contributed by atoms with Crippen LogP contribution in [-0.2, 0) is 0 Å². The van der Waals surface area contributed by atoms with E-state index < -0.39 is 0 Å². The van der Waals surface area contributed by atoms with Crippen LogP contribution < -0.4 is 5.32 Å². The third kappa shape index (κ3) is 3.33. The molecule has 1 nitrogen and oxygen atoms in total. The SMILES string of the molecule is C#CCCC(NCC)c1cccc(Br)c1F. The van der Waals surface area contributed by atoms with Crippen LogP contribution in [0.5, 0.6) is 0 Å². The first kappa shape index (κ1) is 13.2. The molecule has 1 rings (SSSR count).